The summed E-state index contributed by atoms with van der Waals surface area (Å²) < 4.78 is 7.92. The Morgan fingerprint density at radius 2 is 1.96 bits per heavy atom. The maximum absolute atomic E-state index is 6.03. The first kappa shape index (κ1) is 16.9. The zero-order valence-corrected chi connectivity index (χ0v) is 15.0. The summed E-state index contributed by atoms with van der Waals surface area (Å²) in [7, 11) is 1.96. The minimum atomic E-state index is 0.256. The van der Waals surface area contributed by atoms with Gasteiger partial charge in [-0.05, 0) is 17.7 Å². The summed E-state index contributed by atoms with van der Waals surface area (Å²) in [5.74, 6) is 0.256. The summed E-state index contributed by atoms with van der Waals surface area (Å²) in [6.07, 6.45) is 1.84. The number of aromatic nitrogens is 4. The number of benzene rings is 1. The molecule has 3 aromatic rings. The largest absolute Gasteiger partial charge is 0.376 e. The van der Waals surface area contributed by atoms with Crippen molar-refractivity contribution in [3.05, 3.63) is 77.4 Å². The van der Waals surface area contributed by atoms with Crippen molar-refractivity contribution >= 4 is 0 Å². The van der Waals surface area contributed by atoms with Gasteiger partial charge in [0.2, 0.25) is 0 Å². The quantitative estimate of drug-likeness (QED) is 0.684. The van der Waals surface area contributed by atoms with Crippen LogP contribution in [-0.2, 0) is 31.5 Å². The fraction of sp³-hybridized carbons (Fsp3) is 0.350. The first-order valence-electron chi connectivity index (χ1n) is 8.92. The van der Waals surface area contributed by atoms with Crippen LogP contribution in [0.1, 0.15) is 28.6 Å². The molecule has 0 spiro atoms. The van der Waals surface area contributed by atoms with E-state index in [0.717, 1.165) is 31.0 Å². The molecular weight excluding hydrogens is 326 g/mol. The Balaban J connectivity index is 1.44. The molecule has 1 aliphatic heterocycles. The molecule has 0 radical (unpaired) electrons. The zero-order valence-electron chi connectivity index (χ0n) is 15.0. The molecule has 0 fully saturated rings. The Bertz CT molecular complexity index is 834. The van der Waals surface area contributed by atoms with Crippen LogP contribution in [0.3, 0.4) is 0 Å². The van der Waals surface area contributed by atoms with E-state index in [0.29, 0.717) is 13.2 Å². The maximum Gasteiger partial charge on any atom is 0.100 e. The van der Waals surface area contributed by atoms with Crippen molar-refractivity contribution in [3.63, 3.8) is 0 Å². The highest BCUT2D eigenvalue weighted by Crippen LogP contribution is 2.27. The number of hydrogen-bond acceptors (Lipinski definition) is 5. The minimum Gasteiger partial charge on any atom is -0.376 e. The summed E-state index contributed by atoms with van der Waals surface area (Å²) in [6.45, 7) is 3.81. The fourth-order valence-corrected chi connectivity index (χ4v) is 3.56. The summed E-state index contributed by atoms with van der Waals surface area (Å²) in [6, 6.07) is 16.3. The molecule has 1 aromatic carbocycles. The van der Waals surface area contributed by atoms with E-state index in [9.17, 15) is 0 Å². The second kappa shape index (κ2) is 7.76. The van der Waals surface area contributed by atoms with Crippen LogP contribution in [0.5, 0.6) is 0 Å². The van der Waals surface area contributed by atoms with Crippen molar-refractivity contribution in [2.45, 2.75) is 25.6 Å². The topological polar surface area (TPSA) is 56.1 Å². The Labute approximate surface area is 153 Å². The van der Waals surface area contributed by atoms with Crippen LogP contribution in [0.4, 0.5) is 0 Å². The van der Waals surface area contributed by atoms with Gasteiger partial charge in [0.1, 0.15) is 5.69 Å². The molecule has 0 saturated heterocycles. The summed E-state index contributed by atoms with van der Waals surface area (Å²) in [5.41, 5.74) is 4.50. The maximum atomic E-state index is 6.03. The number of nitrogens with zero attached hydrogens (tertiary/aromatic N) is 5. The lowest BCUT2D eigenvalue weighted by Crippen LogP contribution is -2.36. The summed E-state index contributed by atoms with van der Waals surface area (Å²) in [4.78, 5) is 6.82. The van der Waals surface area contributed by atoms with Gasteiger partial charge < -0.3 is 4.74 Å². The third kappa shape index (κ3) is 3.81. The van der Waals surface area contributed by atoms with Crippen molar-refractivity contribution in [2.75, 3.05) is 13.2 Å². The van der Waals surface area contributed by atoms with Crippen LogP contribution in [0.15, 0.2) is 54.7 Å². The molecule has 0 unspecified atom stereocenters. The normalized spacial score (nSPS) is 17.2. The number of rotatable bonds is 6. The van der Waals surface area contributed by atoms with Crippen molar-refractivity contribution < 1.29 is 4.74 Å². The molecule has 0 bridgehead atoms. The zero-order chi connectivity index (χ0) is 17.8. The number of fused-ring (bicyclic) bond motifs is 1. The molecule has 1 atom stereocenters. The lowest BCUT2D eigenvalue weighted by Gasteiger charge is -2.31. The van der Waals surface area contributed by atoms with E-state index in [2.05, 4.69) is 38.4 Å². The predicted octanol–water partition coefficient (Wildman–Crippen LogP) is 2.53. The van der Waals surface area contributed by atoms with Gasteiger partial charge in [-0.1, -0.05) is 41.6 Å². The Hall–Kier alpha value is -2.57. The van der Waals surface area contributed by atoms with E-state index < -0.39 is 0 Å². The minimum absolute atomic E-state index is 0.256. The molecule has 0 aliphatic carbocycles. The Kier molecular flexibility index (Phi) is 5.04. The highest BCUT2D eigenvalue weighted by atomic mass is 16.5. The number of hydrogen-bond donors (Lipinski definition) is 0. The molecule has 2 aromatic heterocycles. The number of aryl methyl sites for hydroxylation is 1. The van der Waals surface area contributed by atoms with E-state index in [1.807, 2.05) is 48.3 Å². The molecular formula is C20H23N5O. The van der Waals surface area contributed by atoms with Gasteiger partial charge in [-0.2, -0.15) is 0 Å². The van der Waals surface area contributed by atoms with Crippen LogP contribution < -0.4 is 0 Å². The first-order valence-corrected chi connectivity index (χ1v) is 8.92. The molecule has 0 amide bonds. The summed E-state index contributed by atoms with van der Waals surface area (Å²) >= 11 is 0. The predicted molar refractivity (Wildman–Crippen MR) is 98.2 cm³/mol. The lowest BCUT2D eigenvalue weighted by molar-refractivity contribution is 0.0827. The SMILES string of the molecule is Cn1nnc2c1[C@@H](COCc1ccccc1)CN(Cc1ccccn1)C2. The highest BCUT2D eigenvalue weighted by molar-refractivity contribution is 5.20. The van der Waals surface area contributed by atoms with Gasteiger partial charge in [-0.3, -0.25) is 14.6 Å². The highest BCUT2D eigenvalue weighted by Gasteiger charge is 2.30. The Morgan fingerprint density at radius 3 is 2.77 bits per heavy atom. The van der Waals surface area contributed by atoms with Gasteiger partial charge in [0, 0.05) is 38.8 Å². The number of pyridine rings is 1. The van der Waals surface area contributed by atoms with Crippen LogP contribution >= 0.6 is 0 Å². The van der Waals surface area contributed by atoms with E-state index in [1.54, 1.807) is 0 Å². The lowest BCUT2D eigenvalue weighted by atomic mass is 9.98. The second-order valence-electron chi connectivity index (χ2n) is 6.73. The second-order valence-corrected chi connectivity index (χ2v) is 6.73. The van der Waals surface area contributed by atoms with Crippen LogP contribution in [-0.4, -0.2) is 38.0 Å². The van der Waals surface area contributed by atoms with Gasteiger partial charge >= 0.3 is 0 Å². The fourth-order valence-electron chi connectivity index (χ4n) is 3.56. The van der Waals surface area contributed by atoms with Gasteiger partial charge in [0.05, 0.1) is 24.6 Å². The third-order valence-corrected chi connectivity index (χ3v) is 4.72. The van der Waals surface area contributed by atoms with Crippen molar-refractivity contribution in [2.24, 2.45) is 7.05 Å². The molecule has 134 valence electrons. The molecule has 6 nitrogen and oxygen atoms in total. The number of ether oxygens (including phenoxy) is 1. The molecule has 0 N–H and O–H groups in total. The van der Waals surface area contributed by atoms with E-state index >= 15 is 0 Å². The van der Waals surface area contributed by atoms with Crippen LogP contribution in [0, 0.1) is 0 Å². The molecule has 1 aliphatic rings. The smallest absolute Gasteiger partial charge is 0.100 e. The molecule has 0 saturated carbocycles. The monoisotopic (exact) mass is 349 g/mol. The molecule has 26 heavy (non-hydrogen) atoms. The van der Waals surface area contributed by atoms with E-state index in [-0.39, 0.29) is 5.92 Å². The van der Waals surface area contributed by atoms with Gasteiger partial charge in [-0.15, -0.1) is 5.10 Å². The van der Waals surface area contributed by atoms with E-state index in [1.165, 1.54) is 11.3 Å². The van der Waals surface area contributed by atoms with Crippen molar-refractivity contribution in [1.29, 1.82) is 0 Å². The van der Waals surface area contributed by atoms with E-state index in [4.69, 9.17) is 4.74 Å². The van der Waals surface area contributed by atoms with Crippen molar-refractivity contribution in [1.82, 2.24) is 24.9 Å². The Morgan fingerprint density at radius 1 is 1.12 bits per heavy atom. The standard InChI is InChI=1S/C20H23N5O/c1-24-20-17(15-26-14-16-7-3-2-4-8-16)11-25(13-19(20)22-23-24)12-18-9-5-6-10-21-18/h2-10,17H,11-15H2,1H3/t17-/m1/s1. The van der Waals surface area contributed by atoms with Gasteiger partial charge in [0.15, 0.2) is 0 Å². The summed E-state index contributed by atoms with van der Waals surface area (Å²) in [5, 5.41) is 8.59. The molecule has 6 heteroatoms. The van der Waals surface area contributed by atoms with Gasteiger partial charge in [0.25, 0.3) is 0 Å². The van der Waals surface area contributed by atoms with Crippen LogP contribution in [0.2, 0.25) is 0 Å². The molecule has 4 rings (SSSR count). The van der Waals surface area contributed by atoms with Crippen molar-refractivity contribution in [3.8, 4) is 0 Å². The first-order chi connectivity index (χ1) is 12.8. The third-order valence-electron chi connectivity index (χ3n) is 4.72. The van der Waals surface area contributed by atoms with Gasteiger partial charge in [-0.25, -0.2) is 0 Å². The average Bonchev–Trinajstić information content (AvgIpc) is 3.04. The van der Waals surface area contributed by atoms with Crippen LogP contribution in [0.25, 0.3) is 0 Å². The molecule has 3 heterocycles. The average molecular weight is 349 g/mol.